The number of carbonyl (C=O) groups is 1. The minimum atomic E-state index is -0.397. The van der Waals surface area contributed by atoms with E-state index in [0.717, 1.165) is 34.5 Å². The van der Waals surface area contributed by atoms with Crippen LogP contribution in [0, 0.1) is 11.7 Å². The van der Waals surface area contributed by atoms with Gasteiger partial charge in [0.25, 0.3) is 0 Å². The van der Waals surface area contributed by atoms with E-state index in [-0.39, 0.29) is 30.6 Å². The first kappa shape index (κ1) is 22.2. The monoisotopic (exact) mass is 461 g/mol. The summed E-state index contributed by atoms with van der Waals surface area (Å²) in [4.78, 5) is 17.2. The number of carbonyl (C=O) groups excluding carboxylic acids is 1. The molecule has 2 heterocycles. The van der Waals surface area contributed by atoms with E-state index >= 15 is 0 Å². The molecule has 34 heavy (non-hydrogen) atoms. The van der Waals surface area contributed by atoms with Crippen molar-refractivity contribution in [3.05, 3.63) is 78.1 Å². The van der Waals surface area contributed by atoms with E-state index < -0.39 is 5.82 Å². The van der Waals surface area contributed by atoms with Gasteiger partial charge in [-0.15, -0.1) is 0 Å². The summed E-state index contributed by atoms with van der Waals surface area (Å²) >= 11 is 0. The van der Waals surface area contributed by atoms with Crippen LogP contribution in [-0.4, -0.2) is 49.4 Å². The lowest BCUT2D eigenvalue weighted by molar-refractivity contribution is 0.168. The maximum absolute atomic E-state index is 13.6. The highest BCUT2D eigenvalue weighted by molar-refractivity contribution is 5.90. The molecule has 7 heteroatoms. The lowest BCUT2D eigenvalue weighted by atomic mass is 9.81. The molecule has 1 saturated heterocycles. The van der Waals surface area contributed by atoms with Crippen molar-refractivity contribution in [1.82, 2.24) is 4.90 Å². The Morgan fingerprint density at radius 1 is 1.12 bits per heavy atom. The van der Waals surface area contributed by atoms with Gasteiger partial charge in [-0.05, 0) is 65.6 Å². The SMILES string of the molecule is COc1ccc(-c2ccc3c(c2)[C@H]2[C@H](CCN2C(=O)Nc2cccc(F)c2)[C@H](CO)N3C)cc1. The topological polar surface area (TPSA) is 65.0 Å². The van der Waals surface area contributed by atoms with E-state index in [1.165, 1.54) is 12.1 Å². The second kappa shape index (κ2) is 8.99. The standard InChI is InChI=1S/C27H28FN3O3/c1-30-24-11-8-18(17-6-9-21(34-2)10-7-17)14-23(24)26-22(25(30)16-32)12-13-31(26)27(33)29-20-5-3-4-19(28)15-20/h3-11,14-15,22,25-26,32H,12-13,16H2,1-2H3,(H,29,33)/t22-,25+,26-/m1/s1. The number of aliphatic hydroxyl groups excluding tert-OH is 1. The van der Waals surface area contributed by atoms with Crippen LogP contribution in [0.1, 0.15) is 18.0 Å². The Labute approximate surface area is 198 Å². The molecule has 0 unspecified atom stereocenters. The van der Waals surface area contributed by atoms with Crippen LogP contribution >= 0.6 is 0 Å². The molecule has 3 atom stereocenters. The molecule has 1 fully saturated rings. The summed E-state index contributed by atoms with van der Waals surface area (Å²) in [5, 5.41) is 13.0. The van der Waals surface area contributed by atoms with Crippen molar-refractivity contribution in [3.63, 3.8) is 0 Å². The molecule has 2 N–H and O–H groups in total. The quantitative estimate of drug-likeness (QED) is 0.580. The van der Waals surface area contributed by atoms with Crippen molar-refractivity contribution in [3.8, 4) is 16.9 Å². The van der Waals surface area contributed by atoms with Gasteiger partial charge in [0.15, 0.2) is 0 Å². The number of likely N-dealkylation sites (N-methyl/N-ethyl adjacent to an activating group) is 1. The van der Waals surface area contributed by atoms with Gasteiger partial charge < -0.3 is 25.0 Å². The molecule has 5 rings (SSSR count). The van der Waals surface area contributed by atoms with Gasteiger partial charge >= 0.3 is 6.03 Å². The Bertz CT molecular complexity index is 1200. The number of methoxy groups -OCH3 is 1. The summed E-state index contributed by atoms with van der Waals surface area (Å²) in [6, 6.07) is 19.5. The van der Waals surface area contributed by atoms with Gasteiger partial charge in [0.2, 0.25) is 0 Å². The molecule has 2 amide bonds. The Kier molecular flexibility index (Phi) is 5.87. The van der Waals surface area contributed by atoms with Crippen LogP contribution in [0.5, 0.6) is 5.75 Å². The number of urea groups is 1. The summed E-state index contributed by atoms with van der Waals surface area (Å²) in [5.41, 5.74) is 4.59. The number of aliphatic hydroxyl groups is 1. The lowest BCUT2D eigenvalue weighted by Gasteiger charge is -2.44. The van der Waals surface area contributed by atoms with E-state index in [2.05, 4.69) is 28.4 Å². The first-order chi connectivity index (χ1) is 16.5. The van der Waals surface area contributed by atoms with Crippen LogP contribution in [0.4, 0.5) is 20.6 Å². The Hall–Kier alpha value is -3.58. The third kappa shape index (κ3) is 3.86. The van der Waals surface area contributed by atoms with E-state index in [0.29, 0.717) is 12.2 Å². The summed E-state index contributed by atoms with van der Waals surface area (Å²) < 4.78 is 18.9. The third-order valence-electron chi connectivity index (χ3n) is 7.11. The zero-order valence-corrected chi connectivity index (χ0v) is 19.2. The minimum Gasteiger partial charge on any atom is -0.497 e. The van der Waals surface area contributed by atoms with E-state index in [4.69, 9.17) is 4.74 Å². The molecular weight excluding hydrogens is 433 g/mol. The number of halogens is 1. The average molecular weight is 462 g/mol. The fourth-order valence-corrected chi connectivity index (χ4v) is 5.41. The molecule has 2 aliphatic rings. The highest BCUT2D eigenvalue weighted by Crippen LogP contribution is 2.49. The summed E-state index contributed by atoms with van der Waals surface area (Å²) in [6.07, 6.45) is 0.781. The molecule has 0 radical (unpaired) electrons. The van der Waals surface area contributed by atoms with E-state index in [9.17, 15) is 14.3 Å². The van der Waals surface area contributed by atoms with Gasteiger partial charge in [0.1, 0.15) is 11.6 Å². The lowest BCUT2D eigenvalue weighted by Crippen LogP contribution is -2.48. The van der Waals surface area contributed by atoms with Gasteiger partial charge in [0.05, 0.1) is 25.8 Å². The van der Waals surface area contributed by atoms with Crippen LogP contribution < -0.4 is 15.0 Å². The Morgan fingerprint density at radius 3 is 2.59 bits per heavy atom. The van der Waals surface area contributed by atoms with Crippen LogP contribution in [0.25, 0.3) is 11.1 Å². The van der Waals surface area contributed by atoms with Crippen molar-refractivity contribution >= 4 is 17.4 Å². The molecule has 0 saturated carbocycles. The normalized spacial score (nSPS) is 21.1. The number of likely N-dealkylation sites (tertiary alicyclic amines) is 1. The van der Waals surface area contributed by atoms with Crippen molar-refractivity contribution in [2.45, 2.75) is 18.5 Å². The molecule has 176 valence electrons. The van der Waals surface area contributed by atoms with Crippen molar-refractivity contribution in [2.24, 2.45) is 5.92 Å². The number of ether oxygens (including phenoxy) is 1. The maximum atomic E-state index is 13.6. The van der Waals surface area contributed by atoms with Crippen molar-refractivity contribution < 1.29 is 19.0 Å². The van der Waals surface area contributed by atoms with Gasteiger partial charge in [-0.1, -0.05) is 24.3 Å². The maximum Gasteiger partial charge on any atom is 0.322 e. The largest absolute Gasteiger partial charge is 0.497 e. The van der Waals surface area contributed by atoms with Crippen LogP contribution in [-0.2, 0) is 0 Å². The molecule has 3 aromatic rings. The van der Waals surface area contributed by atoms with Crippen LogP contribution in [0.3, 0.4) is 0 Å². The number of benzene rings is 3. The van der Waals surface area contributed by atoms with Crippen LogP contribution in [0.2, 0.25) is 0 Å². The Morgan fingerprint density at radius 2 is 1.88 bits per heavy atom. The van der Waals surface area contributed by atoms with E-state index in [1.54, 1.807) is 19.2 Å². The molecule has 2 aliphatic heterocycles. The van der Waals surface area contributed by atoms with E-state index in [1.807, 2.05) is 36.2 Å². The fraction of sp³-hybridized carbons (Fsp3) is 0.296. The predicted molar refractivity (Wildman–Crippen MR) is 131 cm³/mol. The Balaban J connectivity index is 1.52. The van der Waals surface area contributed by atoms with Gasteiger partial charge in [-0.25, -0.2) is 9.18 Å². The second-order valence-electron chi connectivity index (χ2n) is 8.89. The summed E-state index contributed by atoms with van der Waals surface area (Å²) in [7, 11) is 3.64. The second-order valence-corrected chi connectivity index (χ2v) is 8.89. The zero-order chi connectivity index (χ0) is 23.8. The van der Waals surface area contributed by atoms with Gasteiger partial charge in [-0.2, -0.15) is 0 Å². The molecular formula is C27H28FN3O3. The number of nitrogens with zero attached hydrogens (tertiary/aromatic N) is 2. The summed E-state index contributed by atoms with van der Waals surface area (Å²) in [6.45, 7) is 0.573. The molecule has 0 bridgehead atoms. The molecule has 3 aromatic carbocycles. The highest BCUT2D eigenvalue weighted by atomic mass is 19.1. The smallest absolute Gasteiger partial charge is 0.322 e. The average Bonchev–Trinajstić information content (AvgIpc) is 3.29. The minimum absolute atomic E-state index is 0.0106. The number of hydrogen-bond donors (Lipinski definition) is 2. The predicted octanol–water partition coefficient (Wildman–Crippen LogP) is 4.91. The number of nitrogens with one attached hydrogen (secondary N) is 1. The van der Waals surface area contributed by atoms with Gasteiger partial charge in [-0.3, -0.25) is 0 Å². The number of amides is 2. The zero-order valence-electron chi connectivity index (χ0n) is 19.2. The fourth-order valence-electron chi connectivity index (χ4n) is 5.41. The molecule has 0 spiro atoms. The highest BCUT2D eigenvalue weighted by Gasteiger charge is 2.47. The van der Waals surface area contributed by atoms with Gasteiger partial charge in [0, 0.05) is 30.9 Å². The third-order valence-corrected chi connectivity index (χ3v) is 7.11. The number of anilines is 2. The van der Waals surface area contributed by atoms with Crippen LogP contribution in [0.15, 0.2) is 66.7 Å². The van der Waals surface area contributed by atoms with Crippen molar-refractivity contribution in [1.29, 1.82) is 0 Å². The number of fused-ring (bicyclic) bond motifs is 3. The molecule has 0 aromatic heterocycles. The van der Waals surface area contributed by atoms with Crippen molar-refractivity contribution in [2.75, 3.05) is 37.5 Å². The number of rotatable bonds is 4. The first-order valence-electron chi connectivity index (χ1n) is 11.5. The number of hydrogen-bond acceptors (Lipinski definition) is 4. The molecule has 0 aliphatic carbocycles. The summed E-state index contributed by atoms with van der Waals surface area (Å²) in [5.74, 6) is 0.487. The first-order valence-corrected chi connectivity index (χ1v) is 11.5. The molecule has 6 nitrogen and oxygen atoms in total.